The monoisotopic (exact) mass is 309 g/mol. The molecule has 21 heavy (non-hydrogen) atoms. The SMILES string of the molecule is Cc1cc(C)nc(NS(=O)(=O)c2cc(N)c(C)c(F)c2)c1. The summed E-state index contributed by atoms with van der Waals surface area (Å²) in [5, 5.41) is 0. The Hall–Kier alpha value is -2.15. The number of pyridine rings is 1. The number of anilines is 2. The highest BCUT2D eigenvalue weighted by molar-refractivity contribution is 7.92. The van der Waals surface area contributed by atoms with Crippen LogP contribution in [0.3, 0.4) is 0 Å². The van der Waals surface area contributed by atoms with Gasteiger partial charge in [0.1, 0.15) is 11.6 Å². The van der Waals surface area contributed by atoms with Crippen LogP contribution in [0.4, 0.5) is 15.9 Å². The van der Waals surface area contributed by atoms with Gasteiger partial charge in [-0.05, 0) is 50.6 Å². The Kier molecular flexibility index (Phi) is 3.87. The van der Waals surface area contributed by atoms with Crippen LogP contribution >= 0.6 is 0 Å². The third-order valence-electron chi connectivity index (χ3n) is 3.00. The molecule has 3 N–H and O–H groups in total. The van der Waals surface area contributed by atoms with Gasteiger partial charge in [-0.3, -0.25) is 4.72 Å². The molecule has 0 aliphatic rings. The number of sulfonamides is 1. The van der Waals surface area contributed by atoms with Crippen molar-refractivity contribution in [2.45, 2.75) is 25.7 Å². The van der Waals surface area contributed by atoms with Crippen molar-refractivity contribution in [3.05, 3.63) is 46.9 Å². The molecule has 1 heterocycles. The first-order valence-electron chi connectivity index (χ1n) is 6.23. The molecule has 0 bridgehead atoms. The van der Waals surface area contributed by atoms with Gasteiger partial charge in [0.15, 0.2) is 0 Å². The topological polar surface area (TPSA) is 85.1 Å². The Morgan fingerprint density at radius 3 is 2.38 bits per heavy atom. The normalized spacial score (nSPS) is 11.4. The summed E-state index contributed by atoms with van der Waals surface area (Å²) in [4.78, 5) is 3.86. The van der Waals surface area contributed by atoms with E-state index in [4.69, 9.17) is 5.73 Å². The van der Waals surface area contributed by atoms with Gasteiger partial charge in [-0.1, -0.05) is 0 Å². The zero-order valence-electron chi connectivity index (χ0n) is 11.9. The predicted molar refractivity (Wildman–Crippen MR) is 80.1 cm³/mol. The number of hydrogen-bond acceptors (Lipinski definition) is 4. The van der Waals surface area contributed by atoms with E-state index in [2.05, 4.69) is 9.71 Å². The minimum absolute atomic E-state index is 0.0868. The van der Waals surface area contributed by atoms with E-state index in [1.54, 1.807) is 13.0 Å². The lowest BCUT2D eigenvalue weighted by Crippen LogP contribution is -2.15. The third kappa shape index (κ3) is 3.30. The zero-order chi connectivity index (χ0) is 15.8. The second-order valence-electron chi connectivity index (χ2n) is 4.90. The van der Waals surface area contributed by atoms with Crippen LogP contribution < -0.4 is 10.5 Å². The molecule has 2 rings (SSSR count). The first-order valence-corrected chi connectivity index (χ1v) is 7.71. The van der Waals surface area contributed by atoms with Crippen molar-refractivity contribution in [3.63, 3.8) is 0 Å². The molecule has 0 unspecified atom stereocenters. The second-order valence-corrected chi connectivity index (χ2v) is 6.58. The predicted octanol–water partition coefficient (Wildman–Crippen LogP) is 2.53. The fraction of sp³-hybridized carbons (Fsp3) is 0.214. The maximum Gasteiger partial charge on any atom is 0.263 e. The van der Waals surface area contributed by atoms with Crippen LogP contribution in [0.25, 0.3) is 0 Å². The molecule has 7 heteroatoms. The summed E-state index contributed by atoms with van der Waals surface area (Å²) in [5.74, 6) is -0.476. The molecule has 0 radical (unpaired) electrons. The third-order valence-corrected chi connectivity index (χ3v) is 4.34. The van der Waals surface area contributed by atoms with E-state index in [-0.39, 0.29) is 22.0 Å². The summed E-state index contributed by atoms with van der Waals surface area (Å²) in [5.41, 5.74) is 7.47. The minimum atomic E-state index is -3.94. The smallest absolute Gasteiger partial charge is 0.263 e. The van der Waals surface area contributed by atoms with Crippen molar-refractivity contribution in [1.29, 1.82) is 0 Å². The molecule has 1 aromatic carbocycles. The van der Waals surface area contributed by atoms with Gasteiger partial charge in [-0.2, -0.15) is 0 Å². The van der Waals surface area contributed by atoms with E-state index in [0.717, 1.165) is 11.6 Å². The molecule has 0 spiro atoms. The number of halogens is 1. The van der Waals surface area contributed by atoms with Gasteiger partial charge in [-0.25, -0.2) is 17.8 Å². The van der Waals surface area contributed by atoms with Crippen molar-refractivity contribution in [2.75, 3.05) is 10.5 Å². The Morgan fingerprint density at radius 2 is 1.81 bits per heavy atom. The van der Waals surface area contributed by atoms with Crippen LogP contribution in [0, 0.1) is 26.6 Å². The highest BCUT2D eigenvalue weighted by atomic mass is 32.2. The maximum absolute atomic E-state index is 13.6. The van der Waals surface area contributed by atoms with Gasteiger partial charge < -0.3 is 5.73 Å². The lowest BCUT2D eigenvalue weighted by atomic mass is 10.2. The zero-order valence-corrected chi connectivity index (χ0v) is 12.8. The minimum Gasteiger partial charge on any atom is -0.398 e. The lowest BCUT2D eigenvalue weighted by molar-refractivity contribution is 0.593. The first kappa shape index (κ1) is 15.2. The van der Waals surface area contributed by atoms with E-state index in [0.29, 0.717) is 5.69 Å². The largest absolute Gasteiger partial charge is 0.398 e. The van der Waals surface area contributed by atoms with Crippen LogP contribution in [-0.2, 0) is 10.0 Å². The van der Waals surface area contributed by atoms with Gasteiger partial charge in [0, 0.05) is 16.9 Å². The molecule has 0 aliphatic heterocycles. The van der Waals surface area contributed by atoms with E-state index >= 15 is 0 Å². The van der Waals surface area contributed by atoms with Crippen LogP contribution in [-0.4, -0.2) is 13.4 Å². The summed E-state index contributed by atoms with van der Waals surface area (Å²) in [6.07, 6.45) is 0. The number of hydrogen-bond donors (Lipinski definition) is 2. The Balaban J connectivity index is 2.43. The molecule has 1 aromatic heterocycles. The summed E-state index contributed by atoms with van der Waals surface area (Å²) < 4.78 is 40.5. The average Bonchev–Trinajstić information content (AvgIpc) is 2.33. The van der Waals surface area contributed by atoms with E-state index in [9.17, 15) is 12.8 Å². The number of benzene rings is 1. The number of nitrogens with zero attached hydrogens (tertiary/aromatic N) is 1. The lowest BCUT2D eigenvalue weighted by Gasteiger charge is -2.11. The highest BCUT2D eigenvalue weighted by Gasteiger charge is 2.18. The highest BCUT2D eigenvalue weighted by Crippen LogP contribution is 2.23. The Bertz CT molecular complexity index is 761. The first-order chi connectivity index (χ1) is 9.69. The van der Waals surface area contributed by atoms with Gasteiger partial charge in [-0.15, -0.1) is 0 Å². The number of nitrogen functional groups attached to an aromatic ring is 1. The quantitative estimate of drug-likeness (QED) is 0.853. The van der Waals surface area contributed by atoms with Crippen molar-refractivity contribution in [3.8, 4) is 0 Å². The molecular weight excluding hydrogens is 293 g/mol. The standard InChI is InChI=1S/C14H16FN3O2S/c1-8-4-9(2)17-14(5-8)18-21(19,20)11-6-12(15)10(3)13(16)7-11/h4-7H,16H2,1-3H3,(H,17,18). The molecule has 0 atom stereocenters. The van der Waals surface area contributed by atoms with E-state index in [1.165, 1.54) is 13.0 Å². The number of aryl methyl sites for hydroxylation is 2. The molecule has 0 aliphatic carbocycles. The maximum atomic E-state index is 13.6. The Labute approximate surface area is 123 Å². The van der Waals surface area contributed by atoms with Crippen molar-refractivity contribution in [2.24, 2.45) is 0 Å². The van der Waals surface area contributed by atoms with Gasteiger partial charge in [0.2, 0.25) is 0 Å². The molecule has 0 saturated carbocycles. The van der Waals surface area contributed by atoms with Gasteiger partial charge >= 0.3 is 0 Å². The fourth-order valence-corrected chi connectivity index (χ4v) is 2.96. The molecule has 0 amide bonds. The Morgan fingerprint density at radius 1 is 1.14 bits per heavy atom. The molecule has 0 fully saturated rings. The summed E-state index contributed by atoms with van der Waals surface area (Å²) in [6.45, 7) is 5.07. The van der Waals surface area contributed by atoms with E-state index in [1.807, 2.05) is 13.0 Å². The number of aromatic nitrogens is 1. The van der Waals surface area contributed by atoms with Crippen LogP contribution in [0.1, 0.15) is 16.8 Å². The van der Waals surface area contributed by atoms with Gasteiger partial charge in [0.25, 0.3) is 10.0 Å². The van der Waals surface area contributed by atoms with Crippen LogP contribution in [0.5, 0.6) is 0 Å². The average molecular weight is 309 g/mol. The molecule has 0 saturated heterocycles. The summed E-state index contributed by atoms with van der Waals surface area (Å²) in [6, 6.07) is 5.58. The number of rotatable bonds is 3. The molecule has 2 aromatic rings. The fourth-order valence-electron chi connectivity index (χ4n) is 1.92. The second kappa shape index (κ2) is 5.33. The van der Waals surface area contributed by atoms with Crippen molar-refractivity contribution < 1.29 is 12.8 Å². The van der Waals surface area contributed by atoms with Crippen molar-refractivity contribution >= 4 is 21.5 Å². The van der Waals surface area contributed by atoms with Gasteiger partial charge in [0.05, 0.1) is 4.90 Å². The van der Waals surface area contributed by atoms with Crippen LogP contribution in [0.2, 0.25) is 0 Å². The number of nitrogens with two attached hydrogens (primary N) is 1. The summed E-state index contributed by atoms with van der Waals surface area (Å²) in [7, 11) is -3.94. The van der Waals surface area contributed by atoms with E-state index < -0.39 is 15.8 Å². The van der Waals surface area contributed by atoms with Crippen LogP contribution in [0.15, 0.2) is 29.2 Å². The summed E-state index contributed by atoms with van der Waals surface area (Å²) >= 11 is 0. The molecular formula is C14H16FN3O2S. The number of nitrogens with one attached hydrogen (secondary N) is 1. The molecule has 112 valence electrons. The molecule has 5 nitrogen and oxygen atoms in total. The van der Waals surface area contributed by atoms with Crippen molar-refractivity contribution in [1.82, 2.24) is 4.98 Å².